The van der Waals surface area contributed by atoms with Gasteiger partial charge in [-0.15, -0.1) is 0 Å². The number of pyridine rings is 1. The van der Waals surface area contributed by atoms with Crippen LogP contribution in [0.3, 0.4) is 0 Å². The van der Waals surface area contributed by atoms with Gasteiger partial charge in [-0.25, -0.2) is 4.98 Å². The Kier molecular flexibility index (Phi) is 3.28. The lowest BCUT2D eigenvalue weighted by molar-refractivity contribution is 1.23. The maximum Gasteiger partial charge on any atom is 0.0712 e. The normalized spacial score (nSPS) is 11.1. The number of rotatable bonds is 2. The summed E-state index contributed by atoms with van der Waals surface area (Å²) in [5, 5.41) is 3.21. The highest BCUT2D eigenvalue weighted by Crippen LogP contribution is 2.28. The maximum atomic E-state index is 5.99. The molecule has 0 amide bonds. The van der Waals surface area contributed by atoms with Crippen molar-refractivity contribution in [3.05, 3.63) is 88.9 Å². The van der Waals surface area contributed by atoms with Gasteiger partial charge in [0.15, 0.2) is 0 Å². The van der Waals surface area contributed by atoms with Crippen LogP contribution in [-0.4, -0.2) is 4.98 Å². The van der Waals surface area contributed by atoms with E-state index in [-0.39, 0.29) is 0 Å². The van der Waals surface area contributed by atoms with Gasteiger partial charge in [-0.2, -0.15) is 0 Å². The smallest absolute Gasteiger partial charge is 0.0712 e. The summed E-state index contributed by atoms with van der Waals surface area (Å²) in [5.74, 6) is 0. The summed E-state index contributed by atoms with van der Waals surface area (Å²) in [5.41, 5.74) is 4.67. The first-order valence-corrected chi connectivity index (χ1v) is 7.70. The summed E-state index contributed by atoms with van der Waals surface area (Å²) in [6.07, 6.45) is 0.876. The Morgan fingerprint density at radius 3 is 1.82 bits per heavy atom. The van der Waals surface area contributed by atoms with Crippen molar-refractivity contribution in [1.29, 1.82) is 0 Å². The van der Waals surface area contributed by atoms with E-state index in [0.29, 0.717) is 0 Å². The average molecular weight is 304 g/mol. The van der Waals surface area contributed by atoms with Crippen LogP contribution in [0.15, 0.2) is 72.8 Å². The molecule has 0 atom stereocenters. The van der Waals surface area contributed by atoms with E-state index in [0.717, 1.165) is 22.5 Å². The largest absolute Gasteiger partial charge is 0.248 e. The Morgan fingerprint density at radius 1 is 0.682 bits per heavy atom. The minimum absolute atomic E-state index is 0.771. The fourth-order valence-corrected chi connectivity index (χ4v) is 3.05. The summed E-state index contributed by atoms with van der Waals surface area (Å²) in [4.78, 5) is 4.77. The topological polar surface area (TPSA) is 12.9 Å². The van der Waals surface area contributed by atoms with Crippen LogP contribution in [0.2, 0.25) is 5.02 Å². The van der Waals surface area contributed by atoms with Crippen LogP contribution in [-0.2, 0) is 6.42 Å². The average Bonchev–Trinajstić information content (AvgIpc) is 2.56. The van der Waals surface area contributed by atoms with Crippen molar-refractivity contribution in [2.45, 2.75) is 6.42 Å². The summed E-state index contributed by atoms with van der Waals surface area (Å²) >= 11 is 5.99. The summed E-state index contributed by atoms with van der Waals surface area (Å²) < 4.78 is 0. The zero-order chi connectivity index (χ0) is 14.9. The van der Waals surface area contributed by atoms with Crippen molar-refractivity contribution < 1.29 is 0 Å². The predicted molar refractivity (Wildman–Crippen MR) is 93.5 cm³/mol. The zero-order valence-electron chi connectivity index (χ0n) is 12.0. The van der Waals surface area contributed by atoms with Crippen LogP contribution in [0.1, 0.15) is 11.1 Å². The molecule has 0 radical (unpaired) electrons. The van der Waals surface area contributed by atoms with Crippen molar-refractivity contribution >= 4 is 33.4 Å². The summed E-state index contributed by atoms with van der Waals surface area (Å²) in [7, 11) is 0. The van der Waals surface area contributed by atoms with Crippen LogP contribution in [0, 0.1) is 0 Å². The molecule has 0 unspecified atom stereocenters. The quantitative estimate of drug-likeness (QED) is 0.437. The molecule has 4 aromatic rings. The van der Waals surface area contributed by atoms with Gasteiger partial charge in [-0.05, 0) is 41.8 Å². The lowest BCUT2D eigenvalue weighted by Crippen LogP contribution is -1.94. The number of fused-ring (bicyclic) bond motifs is 2. The van der Waals surface area contributed by atoms with Gasteiger partial charge in [-0.3, -0.25) is 0 Å². The van der Waals surface area contributed by atoms with E-state index in [1.807, 2.05) is 24.3 Å². The third-order valence-electron chi connectivity index (χ3n) is 3.99. The van der Waals surface area contributed by atoms with E-state index >= 15 is 0 Å². The molecule has 0 bridgehead atoms. The minimum atomic E-state index is 0.771. The summed E-state index contributed by atoms with van der Waals surface area (Å²) in [6, 6.07) is 24.8. The first kappa shape index (κ1) is 13.3. The predicted octanol–water partition coefficient (Wildman–Crippen LogP) is 5.63. The molecular weight excluding hydrogens is 290 g/mol. The lowest BCUT2D eigenvalue weighted by Gasteiger charge is -2.11. The molecule has 1 nitrogen and oxygen atoms in total. The van der Waals surface area contributed by atoms with Crippen molar-refractivity contribution in [2.24, 2.45) is 0 Å². The SMILES string of the molecule is Clc1ccc(Cc2c3ccccc3nc3ccccc23)cc1. The van der Waals surface area contributed by atoms with Gasteiger partial charge >= 0.3 is 0 Å². The Hall–Kier alpha value is -2.38. The Morgan fingerprint density at radius 2 is 1.23 bits per heavy atom. The van der Waals surface area contributed by atoms with Gasteiger partial charge in [0.25, 0.3) is 0 Å². The monoisotopic (exact) mass is 303 g/mol. The molecule has 3 aromatic carbocycles. The van der Waals surface area contributed by atoms with E-state index in [1.165, 1.54) is 21.9 Å². The standard InChI is InChI=1S/C20H14ClN/c21-15-11-9-14(10-12-15)13-18-16-5-1-3-7-19(16)22-20-8-4-2-6-17(18)20/h1-12H,13H2. The van der Waals surface area contributed by atoms with E-state index in [4.69, 9.17) is 16.6 Å². The van der Waals surface area contributed by atoms with Gasteiger partial charge in [0.1, 0.15) is 0 Å². The van der Waals surface area contributed by atoms with Crippen molar-refractivity contribution in [1.82, 2.24) is 4.98 Å². The van der Waals surface area contributed by atoms with E-state index < -0.39 is 0 Å². The van der Waals surface area contributed by atoms with Crippen molar-refractivity contribution in [2.75, 3.05) is 0 Å². The third-order valence-corrected chi connectivity index (χ3v) is 4.25. The van der Waals surface area contributed by atoms with Crippen LogP contribution in [0.25, 0.3) is 21.8 Å². The molecule has 0 aliphatic rings. The number of hydrogen-bond donors (Lipinski definition) is 0. The molecule has 0 fully saturated rings. The van der Waals surface area contributed by atoms with E-state index in [2.05, 4.69) is 48.5 Å². The van der Waals surface area contributed by atoms with Crippen LogP contribution < -0.4 is 0 Å². The Balaban J connectivity index is 1.97. The molecule has 0 aliphatic carbocycles. The highest BCUT2D eigenvalue weighted by atomic mass is 35.5. The van der Waals surface area contributed by atoms with Crippen molar-refractivity contribution in [3.8, 4) is 0 Å². The second kappa shape index (κ2) is 5.43. The van der Waals surface area contributed by atoms with Crippen molar-refractivity contribution in [3.63, 3.8) is 0 Å². The molecule has 1 aromatic heterocycles. The van der Waals surface area contributed by atoms with Gasteiger partial charge in [-0.1, -0.05) is 60.1 Å². The van der Waals surface area contributed by atoms with Crippen LogP contribution in [0.5, 0.6) is 0 Å². The summed E-state index contributed by atoms with van der Waals surface area (Å²) in [6.45, 7) is 0. The fourth-order valence-electron chi connectivity index (χ4n) is 2.92. The molecule has 106 valence electrons. The van der Waals surface area contributed by atoms with E-state index in [9.17, 15) is 0 Å². The fraction of sp³-hybridized carbons (Fsp3) is 0.0500. The maximum absolute atomic E-state index is 5.99. The van der Waals surface area contributed by atoms with Gasteiger partial charge in [0, 0.05) is 15.8 Å². The molecule has 4 rings (SSSR count). The van der Waals surface area contributed by atoms with E-state index in [1.54, 1.807) is 0 Å². The molecule has 1 heterocycles. The number of aromatic nitrogens is 1. The van der Waals surface area contributed by atoms with Crippen LogP contribution >= 0.6 is 11.6 Å². The minimum Gasteiger partial charge on any atom is -0.248 e. The molecule has 22 heavy (non-hydrogen) atoms. The first-order valence-electron chi connectivity index (χ1n) is 7.32. The first-order chi connectivity index (χ1) is 10.8. The highest BCUT2D eigenvalue weighted by Gasteiger charge is 2.09. The number of hydrogen-bond acceptors (Lipinski definition) is 1. The zero-order valence-corrected chi connectivity index (χ0v) is 12.7. The van der Waals surface area contributed by atoms with Crippen LogP contribution in [0.4, 0.5) is 0 Å². The molecule has 0 saturated carbocycles. The second-order valence-corrected chi connectivity index (χ2v) is 5.86. The third kappa shape index (κ3) is 2.34. The molecule has 0 N–H and O–H groups in total. The lowest BCUT2D eigenvalue weighted by atomic mass is 9.96. The molecular formula is C20H14ClN. The molecule has 0 aliphatic heterocycles. The molecule has 0 spiro atoms. The molecule has 2 heteroatoms. The number of para-hydroxylation sites is 2. The van der Waals surface area contributed by atoms with Gasteiger partial charge < -0.3 is 0 Å². The highest BCUT2D eigenvalue weighted by molar-refractivity contribution is 6.30. The number of benzene rings is 3. The Labute approximate surface area is 134 Å². The molecule has 0 saturated heterocycles. The number of halogens is 1. The number of nitrogens with zero attached hydrogens (tertiary/aromatic N) is 1. The Bertz CT molecular complexity index is 904. The van der Waals surface area contributed by atoms with Gasteiger partial charge in [0.05, 0.1) is 11.0 Å². The van der Waals surface area contributed by atoms with Gasteiger partial charge in [0.2, 0.25) is 0 Å². The second-order valence-electron chi connectivity index (χ2n) is 5.43.